The van der Waals surface area contributed by atoms with E-state index in [4.69, 9.17) is 4.74 Å². The highest BCUT2D eigenvalue weighted by Gasteiger charge is 2.43. The van der Waals surface area contributed by atoms with Gasteiger partial charge in [0.05, 0.1) is 6.42 Å². The average Bonchev–Trinajstić information content (AvgIpc) is 1.86. The topological polar surface area (TPSA) is 26.3 Å². The highest BCUT2D eigenvalue weighted by molar-refractivity contribution is 5.76. The van der Waals surface area contributed by atoms with Gasteiger partial charge in [-0.3, -0.25) is 4.79 Å². The van der Waals surface area contributed by atoms with Crippen molar-refractivity contribution in [1.29, 1.82) is 0 Å². The Morgan fingerprint density at radius 1 is 1.36 bits per heavy atom. The molecular weight excluding hydrogens is 140 g/mol. The second-order valence-electron chi connectivity index (χ2n) is 3.33. The van der Waals surface area contributed by atoms with Crippen molar-refractivity contribution in [1.82, 2.24) is 0 Å². The lowest BCUT2D eigenvalue weighted by Gasteiger charge is -2.40. The summed E-state index contributed by atoms with van der Waals surface area (Å²) in [7, 11) is 0. The van der Waals surface area contributed by atoms with E-state index in [9.17, 15) is 4.79 Å². The van der Waals surface area contributed by atoms with Gasteiger partial charge in [0, 0.05) is 0 Å². The Bertz CT molecular complexity index is 136. The Hall–Kier alpha value is -0.530. The highest BCUT2D eigenvalue weighted by atomic mass is 16.6. The third-order valence-corrected chi connectivity index (χ3v) is 2.21. The summed E-state index contributed by atoms with van der Waals surface area (Å²) >= 11 is 0. The monoisotopic (exact) mass is 156 g/mol. The summed E-state index contributed by atoms with van der Waals surface area (Å²) in [5, 5.41) is 0. The van der Waals surface area contributed by atoms with Crippen molar-refractivity contribution >= 4 is 5.97 Å². The molecule has 0 unspecified atom stereocenters. The summed E-state index contributed by atoms with van der Waals surface area (Å²) in [5.41, 5.74) is -0.0550. The Kier molecular flexibility index (Phi) is 2.53. The quantitative estimate of drug-likeness (QED) is 0.584. The van der Waals surface area contributed by atoms with Crippen molar-refractivity contribution in [2.24, 2.45) is 0 Å². The average molecular weight is 156 g/mol. The Morgan fingerprint density at radius 3 is 2.09 bits per heavy atom. The molecule has 0 atom stereocenters. The summed E-state index contributed by atoms with van der Waals surface area (Å²) in [6.07, 6.45) is 4.92. The van der Waals surface area contributed by atoms with Crippen LogP contribution < -0.4 is 0 Å². The van der Waals surface area contributed by atoms with Gasteiger partial charge < -0.3 is 4.74 Å². The molecule has 0 bridgehead atoms. The molecule has 1 saturated heterocycles. The summed E-state index contributed by atoms with van der Waals surface area (Å²) in [6, 6.07) is 0. The normalized spacial score (nSPS) is 20.7. The van der Waals surface area contributed by atoms with E-state index in [2.05, 4.69) is 13.8 Å². The zero-order valence-corrected chi connectivity index (χ0v) is 7.35. The van der Waals surface area contributed by atoms with Gasteiger partial charge in [-0.1, -0.05) is 26.7 Å². The lowest BCUT2D eigenvalue weighted by atomic mass is 9.85. The van der Waals surface area contributed by atoms with Crippen molar-refractivity contribution in [3.8, 4) is 0 Å². The van der Waals surface area contributed by atoms with Crippen LogP contribution in [-0.4, -0.2) is 11.6 Å². The van der Waals surface area contributed by atoms with E-state index in [-0.39, 0.29) is 11.6 Å². The molecule has 1 aliphatic rings. The molecule has 2 nitrogen and oxygen atoms in total. The number of hydrogen-bond donors (Lipinski definition) is 0. The molecule has 0 aromatic rings. The predicted molar refractivity (Wildman–Crippen MR) is 43.3 cm³/mol. The van der Waals surface area contributed by atoms with Crippen LogP contribution in [-0.2, 0) is 9.53 Å². The van der Waals surface area contributed by atoms with Gasteiger partial charge in [0.2, 0.25) is 0 Å². The molecular formula is C9H16O2. The lowest BCUT2D eigenvalue weighted by molar-refractivity contribution is -0.194. The van der Waals surface area contributed by atoms with Crippen molar-refractivity contribution in [2.75, 3.05) is 0 Å². The Labute approximate surface area is 67.9 Å². The SMILES string of the molecule is CCCC1(CCC)CC(=O)O1. The van der Waals surface area contributed by atoms with Gasteiger partial charge >= 0.3 is 5.97 Å². The molecule has 0 amide bonds. The van der Waals surface area contributed by atoms with Crippen LogP contribution in [0.5, 0.6) is 0 Å². The first-order valence-electron chi connectivity index (χ1n) is 4.44. The summed E-state index contributed by atoms with van der Waals surface area (Å²) < 4.78 is 5.17. The van der Waals surface area contributed by atoms with Gasteiger partial charge in [-0.05, 0) is 12.8 Å². The van der Waals surface area contributed by atoms with Gasteiger partial charge in [-0.2, -0.15) is 0 Å². The zero-order valence-electron chi connectivity index (χ0n) is 7.35. The number of cyclic esters (lactones) is 1. The predicted octanol–water partition coefficient (Wildman–Crippen LogP) is 2.27. The third kappa shape index (κ3) is 1.73. The largest absolute Gasteiger partial charge is 0.458 e. The molecule has 1 heterocycles. The molecule has 1 rings (SSSR count). The molecule has 1 aliphatic heterocycles. The van der Waals surface area contributed by atoms with Crippen molar-refractivity contribution < 1.29 is 9.53 Å². The van der Waals surface area contributed by atoms with Crippen LogP contribution in [0.3, 0.4) is 0 Å². The van der Waals surface area contributed by atoms with E-state index in [1.165, 1.54) is 0 Å². The van der Waals surface area contributed by atoms with Crippen LogP contribution in [0.25, 0.3) is 0 Å². The van der Waals surface area contributed by atoms with E-state index in [1.54, 1.807) is 0 Å². The molecule has 2 heteroatoms. The van der Waals surface area contributed by atoms with Crippen LogP contribution in [0.15, 0.2) is 0 Å². The van der Waals surface area contributed by atoms with Crippen LogP contribution in [0, 0.1) is 0 Å². The van der Waals surface area contributed by atoms with Crippen molar-refractivity contribution in [3.05, 3.63) is 0 Å². The summed E-state index contributed by atoms with van der Waals surface area (Å²) in [6.45, 7) is 4.26. The third-order valence-electron chi connectivity index (χ3n) is 2.21. The minimum Gasteiger partial charge on any atom is -0.458 e. The molecule has 0 spiro atoms. The van der Waals surface area contributed by atoms with Gasteiger partial charge in [0.25, 0.3) is 0 Å². The van der Waals surface area contributed by atoms with E-state index in [1.807, 2.05) is 0 Å². The van der Waals surface area contributed by atoms with Gasteiger partial charge in [-0.15, -0.1) is 0 Å². The molecule has 1 fully saturated rings. The maximum Gasteiger partial charge on any atom is 0.310 e. The van der Waals surface area contributed by atoms with Crippen LogP contribution in [0.1, 0.15) is 46.0 Å². The van der Waals surface area contributed by atoms with Crippen LogP contribution in [0.2, 0.25) is 0 Å². The molecule has 11 heavy (non-hydrogen) atoms. The highest BCUT2D eigenvalue weighted by Crippen LogP contribution is 2.36. The molecule has 0 radical (unpaired) electrons. The number of ether oxygens (including phenoxy) is 1. The smallest absolute Gasteiger partial charge is 0.310 e. The summed E-state index contributed by atoms with van der Waals surface area (Å²) in [5.74, 6) is -0.0214. The first kappa shape index (κ1) is 8.57. The van der Waals surface area contributed by atoms with Crippen molar-refractivity contribution in [2.45, 2.75) is 51.6 Å². The zero-order chi connectivity index (χ0) is 8.32. The van der Waals surface area contributed by atoms with Crippen LogP contribution >= 0.6 is 0 Å². The fourth-order valence-electron chi connectivity index (χ4n) is 1.81. The first-order valence-corrected chi connectivity index (χ1v) is 4.44. The molecule has 0 saturated carbocycles. The minimum absolute atomic E-state index is 0.0214. The maximum absolute atomic E-state index is 10.6. The second kappa shape index (κ2) is 3.24. The fourth-order valence-corrected chi connectivity index (χ4v) is 1.81. The Balaban J connectivity index is 2.39. The molecule has 0 aliphatic carbocycles. The second-order valence-corrected chi connectivity index (χ2v) is 3.33. The van der Waals surface area contributed by atoms with Gasteiger partial charge in [-0.25, -0.2) is 0 Å². The number of carbonyl (C=O) groups excluding carboxylic acids is 1. The van der Waals surface area contributed by atoms with Gasteiger partial charge in [0.1, 0.15) is 5.60 Å². The molecule has 0 aromatic carbocycles. The van der Waals surface area contributed by atoms with E-state index in [0.29, 0.717) is 6.42 Å². The molecule has 0 aromatic heterocycles. The molecule has 64 valence electrons. The number of rotatable bonds is 4. The number of hydrogen-bond acceptors (Lipinski definition) is 2. The minimum atomic E-state index is -0.0550. The van der Waals surface area contributed by atoms with E-state index < -0.39 is 0 Å². The standard InChI is InChI=1S/C9H16O2/c1-3-5-9(6-4-2)7-8(10)11-9/h3-7H2,1-2H3. The number of esters is 1. The summed E-state index contributed by atoms with van der Waals surface area (Å²) in [4.78, 5) is 10.6. The number of carbonyl (C=O) groups is 1. The van der Waals surface area contributed by atoms with Crippen LogP contribution in [0.4, 0.5) is 0 Å². The maximum atomic E-state index is 10.6. The van der Waals surface area contributed by atoms with E-state index in [0.717, 1.165) is 25.7 Å². The first-order chi connectivity index (χ1) is 5.22. The van der Waals surface area contributed by atoms with Gasteiger partial charge in [0.15, 0.2) is 0 Å². The van der Waals surface area contributed by atoms with E-state index >= 15 is 0 Å². The fraction of sp³-hybridized carbons (Fsp3) is 0.889. The molecule has 0 N–H and O–H groups in total. The Morgan fingerprint density at radius 2 is 1.82 bits per heavy atom. The van der Waals surface area contributed by atoms with Crippen molar-refractivity contribution in [3.63, 3.8) is 0 Å². The lowest BCUT2D eigenvalue weighted by Crippen LogP contribution is -2.47.